The van der Waals surface area contributed by atoms with Gasteiger partial charge in [-0.25, -0.2) is 18.4 Å². The Bertz CT molecular complexity index is 535. The molecule has 110 valence electrons. The molecule has 0 aliphatic carbocycles. The lowest BCUT2D eigenvalue weighted by Crippen LogP contribution is -2.44. The van der Waals surface area contributed by atoms with E-state index in [9.17, 15) is 18.4 Å². The van der Waals surface area contributed by atoms with Crippen LogP contribution in [-0.4, -0.2) is 35.1 Å². The summed E-state index contributed by atoms with van der Waals surface area (Å²) in [7, 11) is 1.25. The van der Waals surface area contributed by atoms with Gasteiger partial charge in [-0.05, 0) is 25.0 Å². The number of halogens is 2. The van der Waals surface area contributed by atoms with Gasteiger partial charge in [-0.2, -0.15) is 0 Å². The summed E-state index contributed by atoms with van der Waals surface area (Å²) in [6, 6.07) is 0.326. The summed E-state index contributed by atoms with van der Waals surface area (Å²) in [5, 5.41) is 11.0. The molecule has 2 amide bonds. The number of urea groups is 1. The number of hydrogen-bond acceptors (Lipinski definition) is 2. The highest BCUT2D eigenvalue weighted by Crippen LogP contribution is 2.22. The number of carboxylic acid groups (broad SMARTS) is 1. The van der Waals surface area contributed by atoms with Gasteiger partial charge in [0.1, 0.15) is 17.5 Å². The third kappa shape index (κ3) is 3.23. The molecular formula is C13H16F2N2O3. The number of carbonyl (C=O) groups is 2. The number of likely N-dealkylation sites (N-methyl/N-ethyl adjacent to an activating group) is 1. The van der Waals surface area contributed by atoms with E-state index in [1.165, 1.54) is 20.0 Å². The Morgan fingerprint density at radius 3 is 2.50 bits per heavy atom. The Balaban J connectivity index is 2.97. The number of anilines is 1. The molecule has 0 radical (unpaired) electrons. The number of nitrogens with zero attached hydrogens (tertiary/aromatic N) is 1. The molecule has 0 bridgehead atoms. The van der Waals surface area contributed by atoms with E-state index in [0.717, 1.165) is 11.0 Å². The van der Waals surface area contributed by atoms with Gasteiger partial charge in [0.15, 0.2) is 5.82 Å². The third-order valence-corrected chi connectivity index (χ3v) is 2.98. The van der Waals surface area contributed by atoms with E-state index in [4.69, 9.17) is 5.11 Å². The third-order valence-electron chi connectivity index (χ3n) is 2.98. The Kier molecular flexibility index (Phi) is 5.01. The number of rotatable bonds is 4. The summed E-state index contributed by atoms with van der Waals surface area (Å²) in [5.74, 6) is -2.98. The second-order valence-electron chi connectivity index (χ2n) is 4.36. The number of carboxylic acids is 1. The van der Waals surface area contributed by atoms with E-state index in [0.29, 0.717) is 0 Å². The average molecular weight is 286 g/mol. The second-order valence-corrected chi connectivity index (χ2v) is 4.36. The maximum Gasteiger partial charge on any atom is 0.326 e. The van der Waals surface area contributed by atoms with Crippen molar-refractivity contribution in [2.24, 2.45) is 0 Å². The molecule has 5 nitrogen and oxygen atoms in total. The Morgan fingerprint density at radius 2 is 2.00 bits per heavy atom. The number of aryl methyl sites for hydroxylation is 1. The lowest BCUT2D eigenvalue weighted by atomic mass is 10.2. The first-order valence-corrected chi connectivity index (χ1v) is 6.00. The zero-order valence-corrected chi connectivity index (χ0v) is 11.4. The summed E-state index contributed by atoms with van der Waals surface area (Å²) in [6.45, 7) is 3.02. The number of benzene rings is 1. The SMILES string of the molecule is CCC(C(=O)O)N(C)C(=O)Nc1c(F)ccc(C)c1F. The predicted molar refractivity (Wildman–Crippen MR) is 69.6 cm³/mol. The molecule has 1 unspecified atom stereocenters. The van der Waals surface area contributed by atoms with Gasteiger partial charge in [-0.1, -0.05) is 13.0 Å². The molecule has 1 aromatic carbocycles. The lowest BCUT2D eigenvalue weighted by Gasteiger charge is -2.24. The van der Waals surface area contributed by atoms with Gasteiger partial charge in [0, 0.05) is 7.05 Å². The largest absolute Gasteiger partial charge is 0.480 e. The van der Waals surface area contributed by atoms with Crippen LogP contribution in [0.4, 0.5) is 19.3 Å². The quantitative estimate of drug-likeness (QED) is 0.893. The van der Waals surface area contributed by atoms with Crippen LogP contribution in [0.3, 0.4) is 0 Å². The molecule has 7 heteroatoms. The number of amides is 2. The monoisotopic (exact) mass is 286 g/mol. The molecule has 20 heavy (non-hydrogen) atoms. The van der Waals surface area contributed by atoms with Gasteiger partial charge in [-0.15, -0.1) is 0 Å². The molecule has 2 N–H and O–H groups in total. The summed E-state index contributed by atoms with van der Waals surface area (Å²) in [5.41, 5.74) is -0.406. The zero-order chi connectivity index (χ0) is 15.4. The van der Waals surface area contributed by atoms with Crippen LogP contribution in [-0.2, 0) is 4.79 Å². The van der Waals surface area contributed by atoms with Gasteiger partial charge in [0.25, 0.3) is 0 Å². The molecule has 0 fully saturated rings. The average Bonchev–Trinajstić information content (AvgIpc) is 2.39. The molecular weight excluding hydrogens is 270 g/mol. The molecule has 1 aromatic rings. The highest BCUT2D eigenvalue weighted by molar-refractivity contribution is 5.92. The van der Waals surface area contributed by atoms with Crippen LogP contribution in [0.2, 0.25) is 0 Å². The van der Waals surface area contributed by atoms with E-state index in [2.05, 4.69) is 5.32 Å². The maximum atomic E-state index is 13.7. The van der Waals surface area contributed by atoms with Crippen molar-refractivity contribution in [2.75, 3.05) is 12.4 Å². The van der Waals surface area contributed by atoms with E-state index >= 15 is 0 Å². The van der Waals surface area contributed by atoms with Crippen molar-refractivity contribution < 1.29 is 23.5 Å². The second kappa shape index (κ2) is 6.31. The van der Waals surface area contributed by atoms with Crippen molar-refractivity contribution in [3.8, 4) is 0 Å². The minimum absolute atomic E-state index is 0.176. The van der Waals surface area contributed by atoms with E-state index < -0.39 is 35.4 Å². The summed E-state index contributed by atoms with van der Waals surface area (Å²) in [6.07, 6.45) is 0.179. The molecule has 0 aliphatic heterocycles. The fraction of sp³-hybridized carbons (Fsp3) is 0.385. The standard InChI is InChI=1S/C13H16F2N2O3/c1-4-9(12(18)19)17(3)13(20)16-11-8(14)6-5-7(2)10(11)15/h5-6,9H,4H2,1-3H3,(H,16,20)(H,18,19). The van der Waals surface area contributed by atoms with Crippen LogP contribution >= 0.6 is 0 Å². The zero-order valence-electron chi connectivity index (χ0n) is 11.4. The molecule has 0 saturated carbocycles. The molecule has 0 saturated heterocycles. The highest BCUT2D eigenvalue weighted by atomic mass is 19.1. The van der Waals surface area contributed by atoms with Gasteiger partial charge in [0.2, 0.25) is 0 Å². The van der Waals surface area contributed by atoms with Crippen LogP contribution in [0.15, 0.2) is 12.1 Å². The van der Waals surface area contributed by atoms with E-state index in [1.54, 1.807) is 6.92 Å². The van der Waals surface area contributed by atoms with Crippen LogP contribution in [0.1, 0.15) is 18.9 Å². The number of hydrogen-bond donors (Lipinski definition) is 2. The molecule has 0 heterocycles. The minimum Gasteiger partial charge on any atom is -0.480 e. The van der Waals surface area contributed by atoms with Crippen LogP contribution in [0.5, 0.6) is 0 Å². The van der Waals surface area contributed by atoms with Crippen molar-refractivity contribution in [3.63, 3.8) is 0 Å². The van der Waals surface area contributed by atoms with Crippen molar-refractivity contribution in [1.82, 2.24) is 4.90 Å². The smallest absolute Gasteiger partial charge is 0.326 e. The Hall–Kier alpha value is -2.18. The van der Waals surface area contributed by atoms with Crippen LogP contribution in [0, 0.1) is 18.6 Å². The number of nitrogens with one attached hydrogen (secondary N) is 1. The number of carbonyl (C=O) groups excluding carboxylic acids is 1. The topological polar surface area (TPSA) is 69.6 Å². The summed E-state index contributed by atoms with van der Waals surface area (Å²) >= 11 is 0. The van der Waals surface area contributed by atoms with Crippen molar-refractivity contribution in [3.05, 3.63) is 29.3 Å². The van der Waals surface area contributed by atoms with Crippen molar-refractivity contribution >= 4 is 17.7 Å². The van der Waals surface area contributed by atoms with Crippen molar-refractivity contribution in [1.29, 1.82) is 0 Å². The van der Waals surface area contributed by atoms with Gasteiger partial charge >= 0.3 is 12.0 Å². The van der Waals surface area contributed by atoms with E-state index in [-0.39, 0.29) is 12.0 Å². The highest BCUT2D eigenvalue weighted by Gasteiger charge is 2.26. The fourth-order valence-corrected chi connectivity index (χ4v) is 1.72. The summed E-state index contributed by atoms with van der Waals surface area (Å²) in [4.78, 5) is 23.7. The fourth-order valence-electron chi connectivity index (χ4n) is 1.72. The maximum absolute atomic E-state index is 13.7. The molecule has 0 spiro atoms. The Labute approximate surface area is 115 Å². The van der Waals surface area contributed by atoms with Gasteiger partial charge in [0.05, 0.1) is 0 Å². The van der Waals surface area contributed by atoms with E-state index in [1.807, 2.05) is 0 Å². The Morgan fingerprint density at radius 1 is 1.40 bits per heavy atom. The number of aliphatic carboxylic acids is 1. The predicted octanol–water partition coefficient (Wildman–Crippen LogP) is 2.60. The van der Waals surface area contributed by atoms with Crippen LogP contribution in [0.25, 0.3) is 0 Å². The van der Waals surface area contributed by atoms with Gasteiger partial charge in [-0.3, -0.25) is 0 Å². The van der Waals surface area contributed by atoms with Gasteiger partial charge < -0.3 is 15.3 Å². The molecule has 1 atom stereocenters. The molecule has 0 aliphatic rings. The van der Waals surface area contributed by atoms with Crippen LogP contribution < -0.4 is 5.32 Å². The lowest BCUT2D eigenvalue weighted by molar-refractivity contribution is -0.141. The summed E-state index contributed by atoms with van der Waals surface area (Å²) < 4.78 is 27.2. The first-order valence-electron chi connectivity index (χ1n) is 6.00. The minimum atomic E-state index is -1.18. The molecule has 1 rings (SSSR count). The van der Waals surface area contributed by atoms with Crippen molar-refractivity contribution in [2.45, 2.75) is 26.3 Å². The first kappa shape index (κ1) is 15.9. The normalized spacial score (nSPS) is 11.8. The molecule has 0 aromatic heterocycles. The first-order chi connectivity index (χ1) is 9.29.